The summed E-state index contributed by atoms with van der Waals surface area (Å²) >= 11 is 0. The number of hydrogen-bond acceptors (Lipinski definition) is 4. The third kappa shape index (κ3) is 2.30. The Morgan fingerprint density at radius 1 is 1.22 bits per heavy atom. The highest BCUT2D eigenvalue weighted by Crippen LogP contribution is 2.36. The largest absolute Gasteiger partial charge is 0.464 e. The van der Waals surface area contributed by atoms with Gasteiger partial charge in [-0.2, -0.15) is 5.10 Å². The highest BCUT2D eigenvalue weighted by molar-refractivity contribution is 5.91. The summed E-state index contributed by atoms with van der Waals surface area (Å²) < 4.78 is 32.3. The van der Waals surface area contributed by atoms with Crippen molar-refractivity contribution >= 4 is 33.5 Å². The van der Waals surface area contributed by atoms with Gasteiger partial charge in [0, 0.05) is 30.3 Å². The lowest BCUT2D eigenvalue weighted by Crippen LogP contribution is -2.05. The van der Waals surface area contributed by atoms with Gasteiger partial charge in [0.1, 0.15) is 11.8 Å². The van der Waals surface area contributed by atoms with Crippen molar-refractivity contribution in [3.05, 3.63) is 48.4 Å². The summed E-state index contributed by atoms with van der Waals surface area (Å²) in [7, 11) is 0. The van der Waals surface area contributed by atoms with Crippen LogP contribution < -0.4 is 5.32 Å². The lowest BCUT2D eigenvalue weighted by Gasteiger charge is -2.08. The molecule has 0 atom stereocenters. The Morgan fingerprint density at radius 3 is 2.91 bits per heavy atom. The van der Waals surface area contributed by atoms with Crippen LogP contribution in [0.5, 0.6) is 0 Å². The van der Waals surface area contributed by atoms with Gasteiger partial charge in [0.2, 0.25) is 0 Å². The lowest BCUT2D eigenvalue weighted by atomic mass is 10.1. The maximum absolute atomic E-state index is 13.5. The van der Waals surface area contributed by atoms with E-state index in [-0.39, 0.29) is 5.56 Å². The van der Waals surface area contributed by atoms with Gasteiger partial charge in [-0.15, -0.1) is 0 Å². The van der Waals surface area contributed by atoms with Crippen LogP contribution >= 0.6 is 0 Å². The van der Waals surface area contributed by atoms with Crippen LogP contribution in [-0.2, 0) is 5.92 Å². The zero-order valence-electron chi connectivity index (χ0n) is 12.1. The zero-order valence-corrected chi connectivity index (χ0v) is 12.1. The Balaban J connectivity index is 1.73. The van der Waals surface area contributed by atoms with Crippen LogP contribution in [0.2, 0.25) is 0 Å². The third-order valence-electron chi connectivity index (χ3n) is 3.65. The number of rotatable bonds is 3. The first kappa shape index (κ1) is 13.7. The maximum Gasteiger partial charge on any atom is 0.274 e. The van der Waals surface area contributed by atoms with E-state index in [1.165, 1.54) is 0 Å². The normalized spacial score (nSPS) is 12.1. The van der Waals surface area contributed by atoms with E-state index in [9.17, 15) is 8.78 Å². The van der Waals surface area contributed by atoms with Crippen molar-refractivity contribution in [2.75, 3.05) is 5.32 Å². The summed E-state index contributed by atoms with van der Waals surface area (Å²) in [5.41, 5.74) is 1.63. The number of pyridine rings is 1. The minimum Gasteiger partial charge on any atom is -0.464 e. The topological polar surface area (TPSA) is 66.7 Å². The quantitative estimate of drug-likeness (QED) is 0.582. The van der Waals surface area contributed by atoms with E-state index in [0.717, 1.165) is 18.6 Å². The van der Waals surface area contributed by atoms with Gasteiger partial charge in [-0.1, -0.05) is 0 Å². The number of halogens is 2. The number of nitrogens with one attached hydrogen (secondary N) is 2. The van der Waals surface area contributed by atoms with E-state index in [1.807, 2.05) is 12.1 Å². The van der Waals surface area contributed by atoms with Crippen LogP contribution in [0.25, 0.3) is 22.0 Å². The van der Waals surface area contributed by atoms with Crippen LogP contribution in [0, 0.1) is 0 Å². The highest BCUT2D eigenvalue weighted by Gasteiger charge is 2.28. The van der Waals surface area contributed by atoms with Crippen molar-refractivity contribution in [3.8, 4) is 0 Å². The Kier molecular flexibility index (Phi) is 2.84. The van der Waals surface area contributed by atoms with Crippen LogP contribution in [0.15, 0.2) is 47.2 Å². The van der Waals surface area contributed by atoms with Crippen LogP contribution in [-0.4, -0.2) is 15.2 Å². The van der Waals surface area contributed by atoms with Crippen LogP contribution in [0.3, 0.4) is 0 Å². The summed E-state index contributed by atoms with van der Waals surface area (Å²) in [6.45, 7) is 0.853. The molecule has 7 heteroatoms. The minimum absolute atomic E-state index is 0.117. The summed E-state index contributed by atoms with van der Waals surface area (Å²) in [6, 6.07) is 8.69. The number of furan rings is 1. The lowest BCUT2D eigenvalue weighted by molar-refractivity contribution is 0.0183. The van der Waals surface area contributed by atoms with Gasteiger partial charge in [-0.3, -0.25) is 5.10 Å². The fourth-order valence-electron chi connectivity index (χ4n) is 2.53. The number of anilines is 2. The van der Waals surface area contributed by atoms with E-state index in [4.69, 9.17) is 4.42 Å². The summed E-state index contributed by atoms with van der Waals surface area (Å²) in [6.07, 6.45) is 2.77. The van der Waals surface area contributed by atoms with Crippen LogP contribution in [0.4, 0.5) is 20.3 Å². The first-order valence-corrected chi connectivity index (χ1v) is 6.98. The average Bonchev–Trinajstić information content (AvgIpc) is 3.11. The smallest absolute Gasteiger partial charge is 0.274 e. The molecule has 4 aromatic rings. The second-order valence-corrected chi connectivity index (χ2v) is 5.35. The highest BCUT2D eigenvalue weighted by atomic mass is 19.3. The van der Waals surface area contributed by atoms with E-state index in [1.54, 1.807) is 24.4 Å². The van der Waals surface area contributed by atoms with E-state index >= 15 is 0 Å². The monoisotopic (exact) mass is 314 g/mol. The van der Waals surface area contributed by atoms with Gasteiger partial charge in [0.15, 0.2) is 11.5 Å². The molecule has 0 aliphatic heterocycles. The molecular weight excluding hydrogens is 302 g/mol. The number of aromatic amines is 1. The molecule has 0 unspecified atom stereocenters. The Labute approximate surface area is 129 Å². The second kappa shape index (κ2) is 4.77. The molecule has 0 spiro atoms. The number of alkyl halides is 2. The van der Waals surface area contributed by atoms with E-state index < -0.39 is 5.92 Å². The Morgan fingerprint density at radius 2 is 2.09 bits per heavy atom. The van der Waals surface area contributed by atoms with Crippen molar-refractivity contribution in [2.45, 2.75) is 12.8 Å². The van der Waals surface area contributed by atoms with Gasteiger partial charge in [0.05, 0.1) is 10.9 Å². The average molecular weight is 314 g/mol. The number of benzene rings is 1. The zero-order chi connectivity index (χ0) is 16.0. The van der Waals surface area contributed by atoms with Gasteiger partial charge in [-0.05, 0) is 24.3 Å². The van der Waals surface area contributed by atoms with Gasteiger partial charge >= 0.3 is 0 Å². The SMILES string of the molecule is CC(F)(F)c1coc2cc(Nc3n[nH]c4ncccc34)ccc12. The number of nitrogens with zero attached hydrogens (tertiary/aromatic N) is 2. The fraction of sp³-hybridized carbons (Fsp3) is 0.125. The summed E-state index contributed by atoms with van der Waals surface area (Å²) in [5, 5.41) is 11.4. The molecule has 23 heavy (non-hydrogen) atoms. The maximum atomic E-state index is 13.5. The molecule has 116 valence electrons. The standard InChI is InChI=1S/C16H12F2N4O/c1-16(17,18)12-8-23-13-7-9(4-5-10(12)13)20-15-11-3-2-6-19-14(11)21-22-15/h2-8H,1H3,(H2,19,20,21,22). The molecule has 3 heterocycles. The van der Waals surface area contributed by atoms with E-state index in [0.29, 0.717) is 28.1 Å². The van der Waals surface area contributed by atoms with Crippen molar-refractivity contribution in [1.82, 2.24) is 15.2 Å². The van der Waals surface area contributed by atoms with Gasteiger partial charge < -0.3 is 9.73 Å². The third-order valence-corrected chi connectivity index (χ3v) is 3.65. The molecule has 0 bridgehead atoms. The first-order chi connectivity index (χ1) is 11.0. The molecule has 4 rings (SSSR count). The molecule has 0 aliphatic carbocycles. The summed E-state index contributed by atoms with van der Waals surface area (Å²) in [5.74, 6) is -2.33. The Bertz CT molecular complexity index is 1000. The predicted molar refractivity (Wildman–Crippen MR) is 83.0 cm³/mol. The molecule has 5 nitrogen and oxygen atoms in total. The molecule has 0 fully saturated rings. The molecule has 1 aromatic carbocycles. The van der Waals surface area contributed by atoms with Gasteiger partial charge in [-0.25, -0.2) is 13.8 Å². The van der Waals surface area contributed by atoms with Crippen molar-refractivity contribution < 1.29 is 13.2 Å². The number of fused-ring (bicyclic) bond motifs is 2. The fourth-order valence-corrected chi connectivity index (χ4v) is 2.53. The van der Waals surface area contributed by atoms with Crippen LogP contribution in [0.1, 0.15) is 12.5 Å². The molecule has 2 N–H and O–H groups in total. The molecule has 0 saturated carbocycles. The van der Waals surface area contributed by atoms with Crippen molar-refractivity contribution in [1.29, 1.82) is 0 Å². The molecule has 3 aromatic heterocycles. The number of H-pyrrole nitrogens is 1. The number of aromatic nitrogens is 3. The minimum atomic E-state index is -2.94. The number of hydrogen-bond donors (Lipinski definition) is 2. The van der Waals surface area contributed by atoms with Gasteiger partial charge in [0.25, 0.3) is 5.92 Å². The molecule has 0 amide bonds. The Hall–Kier alpha value is -2.96. The molecule has 0 saturated heterocycles. The molecule has 0 aliphatic rings. The van der Waals surface area contributed by atoms with Crippen molar-refractivity contribution in [2.24, 2.45) is 0 Å². The predicted octanol–water partition coefficient (Wildman–Crippen LogP) is 4.56. The second-order valence-electron chi connectivity index (χ2n) is 5.35. The summed E-state index contributed by atoms with van der Waals surface area (Å²) in [4.78, 5) is 4.16. The first-order valence-electron chi connectivity index (χ1n) is 6.98. The van der Waals surface area contributed by atoms with Crippen molar-refractivity contribution in [3.63, 3.8) is 0 Å². The molecular formula is C16H12F2N4O. The van der Waals surface area contributed by atoms with E-state index in [2.05, 4.69) is 20.5 Å². The molecule has 0 radical (unpaired) electrons.